The Balaban J connectivity index is 2.07. The Bertz CT molecular complexity index is 677. The molecule has 5 nitrogen and oxygen atoms in total. The van der Waals surface area contributed by atoms with Crippen LogP contribution in [0.5, 0.6) is 0 Å². The van der Waals surface area contributed by atoms with Gasteiger partial charge in [-0.3, -0.25) is 0 Å². The average Bonchev–Trinajstić information content (AvgIpc) is 2.82. The fraction of sp³-hybridized carbons (Fsp3) is 0.500. The van der Waals surface area contributed by atoms with E-state index in [1.54, 1.807) is 18.2 Å². The van der Waals surface area contributed by atoms with Gasteiger partial charge in [-0.05, 0) is 24.6 Å². The molecule has 110 valence electrons. The highest BCUT2D eigenvalue weighted by molar-refractivity contribution is 7.91. The van der Waals surface area contributed by atoms with Gasteiger partial charge < -0.3 is 10.2 Å². The number of nitrogens with two attached hydrogens (primary N) is 1. The number of benzene rings is 1. The Kier molecular flexibility index (Phi) is 4.65. The number of hydrogen-bond donors (Lipinski definition) is 1. The minimum Gasteiger partial charge on any atom is -0.428 e. The minimum absolute atomic E-state index is 0.0824. The second kappa shape index (κ2) is 6.26. The molecule has 20 heavy (non-hydrogen) atoms. The monoisotopic (exact) mass is 296 g/mol. The van der Waals surface area contributed by atoms with Gasteiger partial charge in [-0.25, -0.2) is 8.42 Å². The molecule has 6 heteroatoms. The maximum atomic E-state index is 12.1. The Labute approximate surface area is 119 Å². The van der Waals surface area contributed by atoms with Crippen LogP contribution in [0.2, 0.25) is 0 Å². The van der Waals surface area contributed by atoms with Crippen molar-refractivity contribution in [3.63, 3.8) is 0 Å². The van der Waals surface area contributed by atoms with Crippen LogP contribution < -0.4 is 5.73 Å². The topological polar surface area (TPSA) is 86.2 Å². The van der Waals surface area contributed by atoms with Gasteiger partial charge >= 0.3 is 5.22 Å². The first-order valence-electron chi connectivity index (χ1n) is 6.92. The number of nitrogens with zero attached hydrogens (tertiary/aromatic N) is 1. The molecule has 0 radical (unpaired) electrons. The first-order valence-corrected chi connectivity index (χ1v) is 8.57. The first kappa shape index (κ1) is 14.8. The largest absolute Gasteiger partial charge is 0.428 e. The molecule has 0 saturated heterocycles. The van der Waals surface area contributed by atoms with Gasteiger partial charge in [0.15, 0.2) is 5.58 Å². The molecule has 0 aliphatic heterocycles. The maximum absolute atomic E-state index is 12.1. The Morgan fingerprint density at radius 1 is 1.20 bits per heavy atom. The van der Waals surface area contributed by atoms with Gasteiger partial charge in [-0.2, -0.15) is 4.98 Å². The van der Waals surface area contributed by atoms with Crippen LogP contribution in [0.25, 0.3) is 11.1 Å². The molecular weight excluding hydrogens is 276 g/mol. The van der Waals surface area contributed by atoms with Gasteiger partial charge in [-0.1, -0.05) is 32.6 Å². The van der Waals surface area contributed by atoms with E-state index in [2.05, 4.69) is 11.9 Å². The molecule has 0 amide bonds. The molecule has 0 spiro atoms. The van der Waals surface area contributed by atoms with Crippen LogP contribution in [0.1, 0.15) is 39.0 Å². The van der Waals surface area contributed by atoms with Gasteiger partial charge in [0.1, 0.15) is 5.52 Å². The van der Waals surface area contributed by atoms with Crippen molar-refractivity contribution < 1.29 is 12.8 Å². The Morgan fingerprint density at radius 2 is 1.95 bits per heavy atom. The van der Waals surface area contributed by atoms with Crippen molar-refractivity contribution in [1.82, 2.24) is 4.98 Å². The highest BCUT2D eigenvalue weighted by Crippen LogP contribution is 2.22. The molecule has 2 rings (SSSR count). The third-order valence-electron chi connectivity index (χ3n) is 3.17. The predicted octanol–water partition coefficient (Wildman–Crippen LogP) is 3.15. The quantitative estimate of drug-likeness (QED) is 0.626. The van der Waals surface area contributed by atoms with Gasteiger partial charge in [0, 0.05) is 5.69 Å². The third kappa shape index (κ3) is 3.50. The standard InChI is InChI=1S/C14H20N2O3S/c1-2-3-4-5-6-9-20(17,18)14-16-12-10-11(15)7-8-13(12)19-14/h7-8,10H,2-6,9,15H2,1H3. The Morgan fingerprint density at radius 3 is 2.70 bits per heavy atom. The zero-order valence-corrected chi connectivity index (χ0v) is 12.4. The summed E-state index contributed by atoms with van der Waals surface area (Å²) in [5.74, 6) is 0.0824. The summed E-state index contributed by atoms with van der Waals surface area (Å²) in [5.41, 5.74) is 7.10. The fourth-order valence-electron chi connectivity index (χ4n) is 2.04. The van der Waals surface area contributed by atoms with E-state index in [4.69, 9.17) is 10.2 Å². The van der Waals surface area contributed by atoms with E-state index in [0.717, 1.165) is 25.7 Å². The summed E-state index contributed by atoms with van der Waals surface area (Å²) < 4.78 is 29.6. The predicted molar refractivity (Wildman–Crippen MR) is 79.2 cm³/mol. The van der Waals surface area contributed by atoms with E-state index in [-0.39, 0.29) is 11.0 Å². The van der Waals surface area contributed by atoms with Crippen LogP contribution in [0.4, 0.5) is 5.69 Å². The molecule has 2 N–H and O–H groups in total. The van der Waals surface area contributed by atoms with Crippen molar-refractivity contribution in [1.29, 1.82) is 0 Å². The summed E-state index contributed by atoms with van der Waals surface area (Å²) in [5, 5.41) is -0.200. The number of unbranched alkanes of at least 4 members (excludes halogenated alkanes) is 4. The van der Waals surface area contributed by atoms with Gasteiger partial charge in [-0.15, -0.1) is 0 Å². The molecule has 0 bridgehead atoms. The van der Waals surface area contributed by atoms with E-state index in [1.807, 2.05) is 0 Å². The van der Waals surface area contributed by atoms with Crippen LogP contribution in [-0.2, 0) is 9.84 Å². The number of aromatic nitrogens is 1. The molecule has 1 aromatic carbocycles. The molecule has 0 aliphatic rings. The van der Waals surface area contributed by atoms with Crippen molar-refractivity contribution in [2.45, 2.75) is 44.3 Å². The zero-order valence-electron chi connectivity index (χ0n) is 11.6. The number of sulfone groups is 1. The molecule has 0 aliphatic carbocycles. The molecule has 0 atom stereocenters. The smallest absolute Gasteiger partial charge is 0.316 e. The SMILES string of the molecule is CCCCCCCS(=O)(=O)c1nc2cc(N)ccc2o1. The molecule has 0 unspecified atom stereocenters. The molecule has 0 saturated carbocycles. The van der Waals surface area contributed by atoms with E-state index >= 15 is 0 Å². The molecule has 1 heterocycles. The summed E-state index contributed by atoms with van der Waals surface area (Å²) in [4.78, 5) is 4.03. The second-order valence-electron chi connectivity index (χ2n) is 4.94. The first-order chi connectivity index (χ1) is 9.53. The summed E-state index contributed by atoms with van der Waals surface area (Å²) >= 11 is 0. The van der Waals surface area contributed by atoms with E-state index in [9.17, 15) is 8.42 Å². The summed E-state index contributed by atoms with van der Waals surface area (Å²) in [7, 11) is -3.44. The average molecular weight is 296 g/mol. The van der Waals surface area contributed by atoms with Crippen LogP contribution in [-0.4, -0.2) is 19.2 Å². The molecule has 0 fully saturated rings. The van der Waals surface area contributed by atoms with Gasteiger partial charge in [0.25, 0.3) is 0 Å². The molecular formula is C14H20N2O3S. The zero-order chi connectivity index (χ0) is 14.6. The van der Waals surface area contributed by atoms with E-state index < -0.39 is 9.84 Å². The lowest BCUT2D eigenvalue weighted by Crippen LogP contribution is -2.07. The van der Waals surface area contributed by atoms with Crippen LogP contribution in [0.15, 0.2) is 27.8 Å². The number of hydrogen-bond acceptors (Lipinski definition) is 5. The Hall–Kier alpha value is -1.56. The number of anilines is 1. The minimum atomic E-state index is -3.44. The van der Waals surface area contributed by atoms with Crippen molar-refractivity contribution in [3.05, 3.63) is 18.2 Å². The second-order valence-corrected chi connectivity index (χ2v) is 6.93. The molecule has 2 aromatic rings. The fourth-order valence-corrected chi connectivity index (χ4v) is 3.25. The van der Waals surface area contributed by atoms with Crippen LogP contribution in [0.3, 0.4) is 0 Å². The normalized spacial score (nSPS) is 12.1. The van der Waals surface area contributed by atoms with Crippen LogP contribution in [0, 0.1) is 0 Å². The van der Waals surface area contributed by atoms with Crippen molar-refractivity contribution in [2.75, 3.05) is 11.5 Å². The number of rotatable bonds is 7. The summed E-state index contributed by atoms with van der Waals surface area (Å²) in [6, 6.07) is 4.91. The summed E-state index contributed by atoms with van der Waals surface area (Å²) in [6.45, 7) is 2.13. The van der Waals surface area contributed by atoms with Crippen molar-refractivity contribution in [2.24, 2.45) is 0 Å². The van der Waals surface area contributed by atoms with Gasteiger partial charge in [0.05, 0.1) is 5.75 Å². The van der Waals surface area contributed by atoms with E-state index in [0.29, 0.717) is 23.2 Å². The number of nitrogen functional groups attached to an aromatic ring is 1. The highest BCUT2D eigenvalue weighted by atomic mass is 32.2. The van der Waals surface area contributed by atoms with Crippen molar-refractivity contribution >= 4 is 26.6 Å². The highest BCUT2D eigenvalue weighted by Gasteiger charge is 2.21. The lowest BCUT2D eigenvalue weighted by molar-refractivity contribution is 0.457. The molecule has 1 aromatic heterocycles. The lowest BCUT2D eigenvalue weighted by atomic mass is 10.2. The van der Waals surface area contributed by atoms with Crippen molar-refractivity contribution in [3.8, 4) is 0 Å². The summed E-state index contributed by atoms with van der Waals surface area (Å²) in [6.07, 6.45) is 4.90. The maximum Gasteiger partial charge on any atom is 0.316 e. The third-order valence-corrected chi connectivity index (χ3v) is 4.71. The van der Waals surface area contributed by atoms with E-state index in [1.165, 1.54) is 0 Å². The number of fused-ring (bicyclic) bond motifs is 1. The lowest BCUT2D eigenvalue weighted by Gasteiger charge is -2.00. The van der Waals surface area contributed by atoms with Gasteiger partial charge in [0.2, 0.25) is 9.84 Å². The van der Waals surface area contributed by atoms with Crippen LogP contribution >= 0.6 is 0 Å². The number of oxazole rings is 1.